The van der Waals surface area contributed by atoms with Crippen LogP contribution in [0.3, 0.4) is 0 Å². The van der Waals surface area contributed by atoms with Crippen molar-refractivity contribution in [2.24, 2.45) is 0 Å². The Kier molecular flexibility index (Phi) is 4.08. The molecule has 0 aliphatic rings. The van der Waals surface area contributed by atoms with E-state index in [1.54, 1.807) is 0 Å². The summed E-state index contributed by atoms with van der Waals surface area (Å²) in [6.07, 6.45) is 1.53. The lowest BCUT2D eigenvalue weighted by Gasteiger charge is -2.01. The van der Waals surface area contributed by atoms with Crippen molar-refractivity contribution < 1.29 is 4.55 Å². The Morgan fingerprint density at radius 1 is 1.17 bits per heavy atom. The van der Waals surface area contributed by atoms with E-state index < -0.39 is 11.2 Å². The van der Waals surface area contributed by atoms with Crippen molar-refractivity contribution >= 4 is 11.2 Å². The van der Waals surface area contributed by atoms with Crippen LogP contribution in [0.15, 0.2) is 5.16 Å². The second-order valence-electron chi connectivity index (χ2n) is 2.22. The fourth-order valence-corrected chi connectivity index (χ4v) is 0.980. The molecule has 0 radical (unpaired) electrons. The molecule has 0 spiro atoms. The van der Waals surface area contributed by atoms with Gasteiger partial charge in [-0.2, -0.15) is 4.98 Å². The summed E-state index contributed by atoms with van der Waals surface area (Å²) in [4.78, 5) is 4.00. The van der Waals surface area contributed by atoms with E-state index in [9.17, 15) is 4.55 Å². The third kappa shape index (κ3) is 2.40. The molecule has 5 nitrogen and oxygen atoms in total. The molecule has 12 heavy (non-hydrogen) atoms. The summed E-state index contributed by atoms with van der Waals surface area (Å²) in [7, 11) is 0. The molecule has 1 aromatic heterocycles. The summed E-state index contributed by atoms with van der Waals surface area (Å²) in [5.41, 5.74) is 1.56. The van der Waals surface area contributed by atoms with Gasteiger partial charge in [0.25, 0.3) is 0 Å². The summed E-state index contributed by atoms with van der Waals surface area (Å²) < 4.78 is 10.9. The normalized spacial score (nSPS) is 12.0. The molecule has 3 N–H and O–H groups in total. The highest BCUT2D eigenvalue weighted by molar-refractivity contribution is 7.90. The molecule has 1 aromatic rings. The lowest BCUT2D eigenvalue weighted by atomic mass is 10.4. The first kappa shape index (κ1) is 11.3. The molecule has 0 amide bonds. The maximum Gasteiger partial charge on any atom is 0.361 e. The van der Waals surface area contributed by atoms with Crippen LogP contribution in [-0.2, 0) is 11.2 Å². The van der Waals surface area contributed by atoms with E-state index in [-0.39, 0.29) is 6.15 Å². The third-order valence-corrected chi connectivity index (χ3v) is 2.02. The van der Waals surface area contributed by atoms with Crippen molar-refractivity contribution in [1.29, 1.82) is 0 Å². The highest BCUT2D eigenvalue weighted by Gasteiger charge is 2.09. The Balaban J connectivity index is 0.00000121. The largest absolute Gasteiger partial charge is 0.609 e. The van der Waals surface area contributed by atoms with Crippen molar-refractivity contribution in [2.75, 3.05) is 6.26 Å². The SMILES string of the molecule is Cc1nnc([S+](C)[O-])nc1C.N. The molecule has 0 bridgehead atoms. The van der Waals surface area contributed by atoms with E-state index >= 15 is 0 Å². The topological polar surface area (TPSA) is 96.7 Å². The fourth-order valence-electron chi connectivity index (χ4n) is 0.559. The molecule has 1 rings (SSSR count). The van der Waals surface area contributed by atoms with Gasteiger partial charge in [-0.25, -0.2) is 0 Å². The first-order valence-corrected chi connectivity index (χ1v) is 4.68. The van der Waals surface area contributed by atoms with Gasteiger partial charge in [0.05, 0.1) is 11.4 Å². The zero-order valence-electron chi connectivity index (χ0n) is 7.37. The summed E-state index contributed by atoms with van der Waals surface area (Å²) >= 11 is -1.13. The van der Waals surface area contributed by atoms with E-state index in [2.05, 4.69) is 15.2 Å². The average Bonchev–Trinajstić information content (AvgIpc) is 1.94. The van der Waals surface area contributed by atoms with Gasteiger partial charge in [0.2, 0.25) is 0 Å². The first-order chi connectivity index (χ1) is 5.11. The number of nitrogens with zero attached hydrogens (tertiary/aromatic N) is 3. The molecule has 0 aromatic carbocycles. The van der Waals surface area contributed by atoms with Crippen LogP contribution < -0.4 is 6.15 Å². The molecule has 0 aliphatic carbocycles. The van der Waals surface area contributed by atoms with Crippen LogP contribution >= 0.6 is 0 Å². The fraction of sp³-hybridized carbons (Fsp3) is 0.500. The van der Waals surface area contributed by atoms with Gasteiger partial charge in [-0.3, -0.25) is 0 Å². The quantitative estimate of drug-likeness (QED) is 0.643. The Morgan fingerprint density at radius 3 is 2.17 bits per heavy atom. The molecular formula is C6H12N4OS. The van der Waals surface area contributed by atoms with Crippen molar-refractivity contribution in [3.8, 4) is 0 Å². The second kappa shape index (κ2) is 4.34. The van der Waals surface area contributed by atoms with Crippen LogP contribution in [0, 0.1) is 13.8 Å². The number of aryl methyl sites for hydroxylation is 2. The number of hydrogen-bond donors (Lipinski definition) is 1. The van der Waals surface area contributed by atoms with Crippen molar-refractivity contribution in [3.05, 3.63) is 11.4 Å². The van der Waals surface area contributed by atoms with Gasteiger partial charge >= 0.3 is 5.16 Å². The minimum Gasteiger partial charge on any atom is -0.609 e. The number of hydrogen-bond acceptors (Lipinski definition) is 5. The highest BCUT2D eigenvalue weighted by atomic mass is 32.2. The van der Waals surface area contributed by atoms with Crippen molar-refractivity contribution in [1.82, 2.24) is 21.3 Å². The van der Waals surface area contributed by atoms with E-state index in [1.807, 2.05) is 13.8 Å². The molecule has 0 fully saturated rings. The lowest BCUT2D eigenvalue weighted by molar-refractivity contribution is 0.586. The monoisotopic (exact) mass is 188 g/mol. The summed E-state index contributed by atoms with van der Waals surface area (Å²) in [6.45, 7) is 3.64. The van der Waals surface area contributed by atoms with Gasteiger partial charge in [-0.05, 0) is 13.8 Å². The van der Waals surface area contributed by atoms with Crippen molar-refractivity contribution in [3.63, 3.8) is 0 Å². The third-order valence-electron chi connectivity index (χ3n) is 1.33. The zero-order valence-corrected chi connectivity index (χ0v) is 8.18. The van der Waals surface area contributed by atoms with Crippen LogP contribution in [0.5, 0.6) is 0 Å². The molecule has 1 unspecified atom stereocenters. The minimum absolute atomic E-state index is 0. The van der Waals surface area contributed by atoms with Crippen LogP contribution in [0.4, 0.5) is 0 Å². The maximum absolute atomic E-state index is 10.9. The van der Waals surface area contributed by atoms with Crippen molar-refractivity contribution in [2.45, 2.75) is 19.0 Å². The Labute approximate surface area is 74.4 Å². The first-order valence-electron chi connectivity index (χ1n) is 3.12. The smallest absolute Gasteiger partial charge is 0.361 e. The number of rotatable bonds is 1. The Hall–Kier alpha value is -0.720. The second-order valence-corrected chi connectivity index (χ2v) is 3.49. The molecule has 0 aliphatic heterocycles. The minimum atomic E-state index is -1.13. The van der Waals surface area contributed by atoms with Gasteiger partial charge in [-0.15, -0.1) is 5.10 Å². The Bertz CT molecular complexity index is 266. The van der Waals surface area contributed by atoms with E-state index in [0.717, 1.165) is 11.4 Å². The predicted octanol–water partition coefficient (Wildman–Crippen LogP) is 0.388. The lowest BCUT2D eigenvalue weighted by Crippen LogP contribution is -2.08. The van der Waals surface area contributed by atoms with Gasteiger partial charge in [0.1, 0.15) is 6.26 Å². The number of aromatic nitrogens is 3. The molecular weight excluding hydrogens is 176 g/mol. The highest BCUT2D eigenvalue weighted by Crippen LogP contribution is 2.02. The maximum atomic E-state index is 10.9. The Morgan fingerprint density at radius 2 is 1.75 bits per heavy atom. The van der Waals surface area contributed by atoms with E-state index in [4.69, 9.17) is 0 Å². The van der Waals surface area contributed by atoms with Gasteiger partial charge in [0, 0.05) is 11.2 Å². The van der Waals surface area contributed by atoms with Crippen LogP contribution in [0.2, 0.25) is 0 Å². The van der Waals surface area contributed by atoms with Crippen LogP contribution in [0.1, 0.15) is 11.4 Å². The molecule has 0 saturated carbocycles. The summed E-state index contributed by atoms with van der Waals surface area (Å²) in [5, 5.41) is 7.77. The van der Waals surface area contributed by atoms with Gasteiger partial charge in [-0.1, -0.05) is 5.10 Å². The van der Waals surface area contributed by atoms with Gasteiger partial charge < -0.3 is 10.7 Å². The zero-order chi connectivity index (χ0) is 8.43. The van der Waals surface area contributed by atoms with E-state index in [1.165, 1.54) is 6.26 Å². The van der Waals surface area contributed by atoms with Crippen LogP contribution in [-0.4, -0.2) is 26.0 Å². The van der Waals surface area contributed by atoms with Gasteiger partial charge in [0.15, 0.2) is 0 Å². The molecule has 68 valence electrons. The summed E-state index contributed by atoms with van der Waals surface area (Å²) in [6, 6.07) is 0. The molecule has 0 saturated heterocycles. The van der Waals surface area contributed by atoms with E-state index in [0.29, 0.717) is 5.16 Å². The van der Waals surface area contributed by atoms with Crippen LogP contribution in [0.25, 0.3) is 0 Å². The predicted molar refractivity (Wildman–Crippen MR) is 46.7 cm³/mol. The molecule has 1 heterocycles. The molecule has 1 atom stereocenters. The standard InChI is InChI=1S/C6H9N3OS.H3N/c1-4-5(2)8-9-6(7-4)11(3)10;/h1-3H3;1H3. The molecule has 6 heteroatoms. The average molecular weight is 188 g/mol. The summed E-state index contributed by atoms with van der Waals surface area (Å²) in [5.74, 6) is 0.